The van der Waals surface area contributed by atoms with Crippen LogP contribution in [0.4, 0.5) is 0 Å². The summed E-state index contributed by atoms with van der Waals surface area (Å²) in [5.74, 6) is -0.141. The van der Waals surface area contributed by atoms with Crippen LogP contribution in [0.3, 0.4) is 0 Å². The summed E-state index contributed by atoms with van der Waals surface area (Å²) in [5, 5.41) is 12.1. The molecule has 4 heteroatoms. The van der Waals surface area contributed by atoms with Gasteiger partial charge in [0.15, 0.2) is 0 Å². The second-order valence-electron chi connectivity index (χ2n) is 4.91. The minimum absolute atomic E-state index is 0.0148. The van der Waals surface area contributed by atoms with Crippen molar-refractivity contribution in [2.45, 2.75) is 57.0 Å². The summed E-state index contributed by atoms with van der Waals surface area (Å²) in [7, 11) is 0. The molecule has 0 aromatic rings. The molecule has 0 spiro atoms. The summed E-state index contributed by atoms with van der Waals surface area (Å²) >= 11 is 0. The Bertz CT molecular complexity index is 229. The number of hydrogen-bond acceptors (Lipinski definition) is 3. The van der Waals surface area contributed by atoms with Crippen LogP contribution < -0.4 is 11.1 Å². The van der Waals surface area contributed by atoms with Crippen molar-refractivity contribution in [3.05, 3.63) is 0 Å². The second kappa shape index (κ2) is 4.49. The number of nitrogens with one attached hydrogen (secondary N) is 1. The number of nitrogens with two attached hydrogens (primary N) is 1. The van der Waals surface area contributed by atoms with Crippen LogP contribution in [0.2, 0.25) is 0 Å². The summed E-state index contributed by atoms with van der Waals surface area (Å²) in [5.41, 5.74) is 4.72. The number of rotatable bonds is 5. The van der Waals surface area contributed by atoms with Gasteiger partial charge in [-0.05, 0) is 32.6 Å². The van der Waals surface area contributed by atoms with Crippen LogP contribution in [0, 0.1) is 0 Å². The highest BCUT2D eigenvalue weighted by molar-refractivity contribution is 5.86. The van der Waals surface area contributed by atoms with Crippen molar-refractivity contribution in [1.29, 1.82) is 0 Å². The van der Waals surface area contributed by atoms with Gasteiger partial charge in [0.2, 0.25) is 5.91 Å². The Labute approximate surface area is 91.2 Å². The summed E-state index contributed by atoms with van der Waals surface area (Å²) in [6.07, 6.45) is 4.33. The lowest BCUT2D eigenvalue weighted by atomic mass is 9.76. The SMILES string of the molecule is CCCC(C)(N)C(=O)NC1(CO)CCC1. The number of carbonyl (C=O) groups excluding carboxylic acids is 1. The first-order chi connectivity index (χ1) is 6.96. The standard InChI is InChI=1S/C11H22N2O2/c1-3-5-10(2,12)9(15)13-11(8-14)6-4-7-11/h14H,3-8,12H2,1-2H3,(H,13,15). The molecule has 1 amide bonds. The Morgan fingerprint density at radius 2 is 2.20 bits per heavy atom. The lowest BCUT2D eigenvalue weighted by Crippen LogP contribution is -2.63. The second-order valence-corrected chi connectivity index (χ2v) is 4.91. The number of hydrogen-bond donors (Lipinski definition) is 3. The number of aliphatic hydroxyl groups excluding tert-OH is 1. The van der Waals surface area contributed by atoms with E-state index in [1.54, 1.807) is 6.92 Å². The molecule has 1 saturated carbocycles. The molecule has 4 N–H and O–H groups in total. The Morgan fingerprint density at radius 1 is 1.60 bits per heavy atom. The Kier molecular flexibility index (Phi) is 3.73. The monoisotopic (exact) mass is 214 g/mol. The van der Waals surface area contributed by atoms with Gasteiger partial charge in [-0.1, -0.05) is 13.3 Å². The predicted octanol–water partition coefficient (Wildman–Crippen LogP) is 0.535. The number of aliphatic hydroxyl groups is 1. The van der Waals surface area contributed by atoms with E-state index < -0.39 is 5.54 Å². The van der Waals surface area contributed by atoms with Crippen LogP contribution in [0.1, 0.15) is 46.0 Å². The third-order valence-electron chi connectivity index (χ3n) is 3.28. The van der Waals surface area contributed by atoms with Gasteiger partial charge in [-0.15, -0.1) is 0 Å². The normalized spacial score (nSPS) is 22.7. The third kappa shape index (κ3) is 2.69. The zero-order valence-electron chi connectivity index (χ0n) is 9.68. The highest BCUT2D eigenvalue weighted by Crippen LogP contribution is 2.31. The molecule has 0 aliphatic heterocycles. The average Bonchev–Trinajstić information content (AvgIpc) is 2.10. The van der Waals surface area contributed by atoms with E-state index in [9.17, 15) is 9.90 Å². The maximum atomic E-state index is 11.9. The molecule has 1 atom stereocenters. The fraction of sp³-hybridized carbons (Fsp3) is 0.909. The van der Waals surface area contributed by atoms with Crippen LogP contribution in [0.15, 0.2) is 0 Å². The zero-order valence-corrected chi connectivity index (χ0v) is 9.68. The molecular weight excluding hydrogens is 192 g/mol. The highest BCUT2D eigenvalue weighted by atomic mass is 16.3. The average molecular weight is 214 g/mol. The quantitative estimate of drug-likeness (QED) is 0.625. The van der Waals surface area contributed by atoms with Gasteiger partial charge in [0.05, 0.1) is 17.7 Å². The third-order valence-corrected chi connectivity index (χ3v) is 3.28. The van der Waals surface area contributed by atoms with Crippen LogP contribution in [-0.2, 0) is 4.79 Å². The van der Waals surface area contributed by atoms with Crippen LogP contribution in [0.5, 0.6) is 0 Å². The number of amides is 1. The van der Waals surface area contributed by atoms with Gasteiger partial charge in [0.1, 0.15) is 0 Å². The molecule has 4 nitrogen and oxygen atoms in total. The summed E-state index contributed by atoms with van der Waals surface area (Å²) < 4.78 is 0. The van der Waals surface area contributed by atoms with E-state index in [0.717, 1.165) is 25.7 Å². The minimum atomic E-state index is -0.813. The first-order valence-electron chi connectivity index (χ1n) is 5.68. The van der Waals surface area contributed by atoms with Crippen molar-refractivity contribution < 1.29 is 9.90 Å². The lowest BCUT2D eigenvalue weighted by molar-refractivity contribution is -0.130. The van der Waals surface area contributed by atoms with Crippen molar-refractivity contribution in [3.63, 3.8) is 0 Å². The van der Waals surface area contributed by atoms with Gasteiger partial charge in [-0.25, -0.2) is 0 Å². The highest BCUT2D eigenvalue weighted by Gasteiger charge is 2.40. The van der Waals surface area contributed by atoms with Crippen LogP contribution in [-0.4, -0.2) is 28.7 Å². The van der Waals surface area contributed by atoms with Gasteiger partial charge >= 0.3 is 0 Å². The fourth-order valence-electron chi connectivity index (χ4n) is 1.94. The minimum Gasteiger partial charge on any atom is -0.394 e. The van der Waals surface area contributed by atoms with Gasteiger partial charge in [-0.2, -0.15) is 0 Å². The fourth-order valence-corrected chi connectivity index (χ4v) is 1.94. The molecule has 1 unspecified atom stereocenters. The van der Waals surface area contributed by atoms with Gasteiger partial charge < -0.3 is 16.2 Å². The molecule has 0 bridgehead atoms. The van der Waals surface area contributed by atoms with E-state index in [4.69, 9.17) is 5.73 Å². The molecule has 0 aromatic carbocycles. The topological polar surface area (TPSA) is 75.4 Å². The molecule has 0 aromatic heterocycles. The van der Waals surface area contributed by atoms with E-state index in [1.165, 1.54) is 0 Å². The largest absolute Gasteiger partial charge is 0.394 e. The Morgan fingerprint density at radius 3 is 2.53 bits per heavy atom. The zero-order chi connectivity index (χ0) is 11.5. The van der Waals surface area contributed by atoms with E-state index in [-0.39, 0.29) is 18.1 Å². The maximum Gasteiger partial charge on any atom is 0.240 e. The molecule has 0 heterocycles. The van der Waals surface area contributed by atoms with Crippen LogP contribution >= 0.6 is 0 Å². The molecule has 1 aliphatic carbocycles. The molecular formula is C11H22N2O2. The molecule has 15 heavy (non-hydrogen) atoms. The molecule has 1 rings (SSSR count). The first-order valence-corrected chi connectivity index (χ1v) is 5.68. The van der Waals surface area contributed by atoms with Crippen molar-refractivity contribution >= 4 is 5.91 Å². The van der Waals surface area contributed by atoms with E-state index >= 15 is 0 Å². The first kappa shape index (κ1) is 12.5. The Balaban J connectivity index is 2.54. The molecule has 0 radical (unpaired) electrons. The summed E-state index contributed by atoms with van der Waals surface area (Å²) in [4.78, 5) is 11.9. The summed E-state index contributed by atoms with van der Waals surface area (Å²) in [6.45, 7) is 3.76. The smallest absolute Gasteiger partial charge is 0.240 e. The van der Waals surface area contributed by atoms with Crippen molar-refractivity contribution in [2.24, 2.45) is 5.73 Å². The van der Waals surface area contributed by atoms with Crippen molar-refractivity contribution in [2.75, 3.05) is 6.61 Å². The Hall–Kier alpha value is -0.610. The summed E-state index contributed by atoms with van der Waals surface area (Å²) in [6, 6.07) is 0. The van der Waals surface area contributed by atoms with E-state index in [2.05, 4.69) is 5.32 Å². The van der Waals surface area contributed by atoms with Crippen molar-refractivity contribution in [3.8, 4) is 0 Å². The number of carbonyl (C=O) groups is 1. The van der Waals surface area contributed by atoms with Crippen LogP contribution in [0.25, 0.3) is 0 Å². The van der Waals surface area contributed by atoms with Gasteiger partial charge in [0, 0.05) is 0 Å². The molecule has 88 valence electrons. The lowest BCUT2D eigenvalue weighted by Gasteiger charge is -2.42. The van der Waals surface area contributed by atoms with Gasteiger partial charge in [-0.3, -0.25) is 4.79 Å². The predicted molar refractivity (Wildman–Crippen MR) is 59.3 cm³/mol. The van der Waals surface area contributed by atoms with Gasteiger partial charge in [0.25, 0.3) is 0 Å². The molecule has 1 aliphatic rings. The van der Waals surface area contributed by atoms with E-state index in [0.29, 0.717) is 6.42 Å². The molecule has 0 saturated heterocycles. The van der Waals surface area contributed by atoms with Crippen molar-refractivity contribution in [1.82, 2.24) is 5.32 Å². The molecule has 1 fully saturated rings. The maximum absolute atomic E-state index is 11.9. The van der Waals surface area contributed by atoms with E-state index in [1.807, 2.05) is 6.92 Å².